The molecule has 6 amide bonds. The van der Waals surface area contributed by atoms with Crippen molar-refractivity contribution in [2.45, 2.75) is 35.4 Å². The molecular formula is C28H22Cl2FN3O6. The summed E-state index contributed by atoms with van der Waals surface area (Å²) in [5, 5.41) is 10.2. The maximum atomic E-state index is 14.2. The molecule has 206 valence electrons. The lowest BCUT2D eigenvalue weighted by molar-refractivity contribution is -0.136. The summed E-state index contributed by atoms with van der Waals surface area (Å²) in [7, 11) is 0. The molecule has 2 saturated heterocycles. The second kappa shape index (κ2) is 8.62. The molecule has 1 saturated carbocycles. The van der Waals surface area contributed by atoms with E-state index in [-0.39, 0.29) is 24.3 Å². The Kier molecular flexibility index (Phi) is 5.70. The number of amides is 6. The second-order valence-corrected chi connectivity index (χ2v) is 11.9. The number of halogens is 3. The minimum atomic E-state index is -2.09. The van der Waals surface area contributed by atoms with E-state index in [1.54, 1.807) is 25.1 Å². The highest BCUT2D eigenvalue weighted by atomic mass is 35.5. The molecule has 4 aliphatic rings. The number of phenols is 1. The molecule has 0 unspecified atom stereocenters. The fraction of sp³-hybridized carbons (Fsp3) is 0.321. The number of anilines is 1. The zero-order valence-electron chi connectivity index (χ0n) is 20.9. The highest BCUT2D eigenvalue weighted by molar-refractivity contribution is 6.58. The van der Waals surface area contributed by atoms with Gasteiger partial charge in [-0.25, -0.2) is 14.1 Å². The summed E-state index contributed by atoms with van der Waals surface area (Å²) in [6, 6.07) is 8.10. The van der Waals surface area contributed by atoms with Crippen LogP contribution in [0.2, 0.25) is 0 Å². The van der Waals surface area contributed by atoms with Crippen molar-refractivity contribution in [1.29, 1.82) is 0 Å². The average molecular weight is 586 g/mol. The van der Waals surface area contributed by atoms with Gasteiger partial charge >= 0.3 is 6.03 Å². The number of carbonyl (C=O) groups is 5. The number of aryl methyl sites for hydroxylation is 1. The van der Waals surface area contributed by atoms with E-state index in [0.29, 0.717) is 21.6 Å². The van der Waals surface area contributed by atoms with Gasteiger partial charge in [0.1, 0.15) is 11.6 Å². The number of urea groups is 1. The standard InChI is InChI=1S/C28H22Cl2FN3O6/c1-12-10-13(2-9-19(12)35)21-16-7-8-17-20(23(37)34(22(17)36)26(32)40)18(16)11-27(29)24(38)33(25(39)28(21,27)30)15-5-3-14(31)4-6-15/h2-7,9-10,17-18,20-21,35H,8,11H2,1H3,(H2,32,40)/t17-,18+,20-,21-,27+,28-/m0/s1. The van der Waals surface area contributed by atoms with Gasteiger partial charge in [-0.3, -0.25) is 19.2 Å². The number of alkyl halides is 2. The van der Waals surface area contributed by atoms with Gasteiger partial charge in [-0.1, -0.05) is 23.8 Å². The highest BCUT2D eigenvalue weighted by Crippen LogP contribution is 2.65. The Balaban J connectivity index is 1.57. The third kappa shape index (κ3) is 3.23. The lowest BCUT2D eigenvalue weighted by Crippen LogP contribution is -2.60. The van der Waals surface area contributed by atoms with Gasteiger partial charge < -0.3 is 10.8 Å². The number of allylic oxidation sites excluding steroid dienone is 2. The summed E-state index contributed by atoms with van der Waals surface area (Å²) in [6.45, 7) is 1.65. The van der Waals surface area contributed by atoms with E-state index < -0.39 is 68.9 Å². The predicted molar refractivity (Wildman–Crippen MR) is 141 cm³/mol. The lowest BCUT2D eigenvalue weighted by Gasteiger charge is -2.50. The second-order valence-electron chi connectivity index (χ2n) is 10.6. The molecule has 2 aromatic rings. The summed E-state index contributed by atoms with van der Waals surface area (Å²) < 4.78 is 13.7. The highest BCUT2D eigenvalue weighted by Gasteiger charge is 2.76. The van der Waals surface area contributed by atoms with Gasteiger partial charge in [0.25, 0.3) is 11.8 Å². The smallest absolute Gasteiger partial charge is 0.328 e. The summed E-state index contributed by atoms with van der Waals surface area (Å²) in [5.41, 5.74) is 6.85. The van der Waals surface area contributed by atoms with Crippen LogP contribution in [0.5, 0.6) is 5.75 Å². The molecule has 12 heteroatoms. The zero-order valence-corrected chi connectivity index (χ0v) is 22.4. The molecule has 6 atom stereocenters. The number of carbonyl (C=O) groups excluding carboxylic acids is 5. The Morgan fingerprint density at radius 2 is 1.70 bits per heavy atom. The third-order valence-electron chi connectivity index (χ3n) is 8.67. The molecule has 0 spiro atoms. The number of imide groups is 4. The van der Waals surface area contributed by atoms with Crippen LogP contribution in [-0.4, -0.2) is 49.4 Å². The summed E-state index contributed by atoms with van der Waals surface area (Å²) in [4.78, 5) is 63.7. The topological polar surface area (TPSA) is 138 Å². The number of phenolic OH excluding ortho intramolecular Hbond substituents is 1. The van der Waals surface area contributed by atoms with Gasteiger partial charge in [-0.15, -0.1) is 23.2 Å². The first kappa shape index (κ1) is 26.5. The lowest BCUT2D eigenvalue weighted by atomic mass is 9.56. The molecule has 2 aliphatic carbocycles. The number of hydrogen-bond donors (Lipinski definition) is 2. The first-order valence-electron chi connectivity index (χ1n) is 12.5. The Morgan fingerprint density at radius 1 is 1.02 bits per heavy atom. The Bertz CT molecular complexity index is 1580. The monoisotopic (exact) mass is 585 g/mol. The van der Waals surface area contributed by atoms with Crippen molar-refractivity contribution in [3.63, 3.8) is 0 Å². The third-order valence-corrected chi connectivity index (χ3v) is 10.1. The maximum Gasteiger partial charge on any atom is 0.328 e. The molecule has 3 N–H and O–H groups in total. The quantitative estimate of drug-likeness (QED) is 0.314. The van der Waals surface area contributed by atoms with Crippen LogP contribution in [0.15, 0.2) is 54.1 Å². The van der Waals surface area contributed by atoms with Crippen molar-refractivity contribution in [1.82, 2.24) is 4.90 Å². The molecule has 0 radical (unpaired) electrons. The van der Waals surface area contributed by atoms with Crippen molar-refractivity contribution in [2.75, 3.05) is 4.90 Å². The van der Waals surface area contributed by atoms with Gasteiger partial charge in [0, 0.05) is 5.92 Å². The maximum absolute atomic E-state index is 14.2. The first-order chi connectivity index (χ1) is 18.8. The fourth-order valence-electron chi connectivity index (χ4n) is 6.85. The molecule has 6 rings (SSSR count). The molecule has 3 fully saturated rings. The predicted octanol–water partition coefficient (Wildman–Crippen LogP) is 3.48. The molecule has 2 aromatic carbocycles. The van der Waals surface area contributed by atoms with Crippen molar-refractivity contribution < 1.29 is 33.5 Å². The van der Waals surface area contributed by atoms with Crippen LogP contribution in [0.1, 0.15) is 29.9 Å². The van der Waals surface area contributed by atoms with E-state index in [4.69, 9.17) is 28.9 Å². The van der Waals surface area contributed by atoms with Crippen molar-refractivity contribution >= 4 is 58.5 Å². The van der Waals surface area contributed by atoms with Crippen LogP contribution in [0.25, 0.3) is 0 Å². The minimum Gasteiger partial charge on any atom is -0.508 e. The van der Waals surface area contributed by atoms with Crippen LogP contribution in [0.3, 0.4) is 0 Å². The van der Waals surface area contributed by atoms with E-state index in [1.807, 2.05) is 0 Å². The molecule has 2 aliphatic heterocycles. The van der Waals surface area contributed by atoms with E-state index in [0.717, 1.165) is 17.0 Å². The number of benzene rings is 2. The normalized spacial score (nSPS) is 33.0. The van der Waals surface area contributed by atoms with Gasteiger partial charge in [0.2, 0.25) is 11.8 Å². The largest absolute Gasteiger partial charge is 0.508 e. The number of likely N-dealkylation sites (tertiary alicyclic amines) is 1. The van der Waals surface area contributed by atoms with Crippen molar-refractivity contribution in [3.05, 3.63) is 71.1 Å². The van der Waals surface area contributed by atoms with Crippen molar-refractivity contribution in [2.24, 2.45) is 23.5 Å². The van der Waals surface area contributed by atoms with Crippen LogP contribution >= 0.6 is 23.2 Å². The molecular weight excluding hydrogens is 564 g/mol. The molecule has 40 heavy (non-hydrogen) atoms. The number of nitrogens with two attached hydrogens (primary N) is 1. The number of hydrogen-bond acceptors (Lipinski definition) is 6. The molecule has 0 aromatic heterocycles. The number of primary amides is 1. The Labute approximate surface area is 237 Å². The number of rotatable bonds is 2. The molecule has 9 nitrogen and oxygen atoms in total. The Hall–Kier alpha value is -3.76. The van der Waals surface area contributed by atoms with Crippen LogP contribution < -0.4 is 10.6 Å². The Morgan fingerprint density at radius 3 is 2.33 bits per heavy atom. The van der Waals surface area contributed by atoms with E-state index >= 15 is 0 Å². The SMILES string of the molecule is Cc1cc([C@H]2C3=CC[C@@H]4C(=O)N(C(N)=O)C(=O)[C@@H]4[C@@H]3C[C@@]3(Cl)C(=O)N(c4ccc(F)cc4)C(=O)[C@@]23Cl)ccc1O. The van der Waals surface area contributed by atoms with E-state index in [9.17, 15) is 33.5 Å². The molecule has 0 bridgehead atoms. The zero-order chi connectivity index (χ0) is 28.9. The van der Waals surface area contributed by atoms with E-state index in [1.165, 1.54) is 18.2 Å². The van der Waals surface area contributed by atoms with Crippen molar-refractivity contribution in [3.8, 4) is 5.75 Å². The summed E-state index contributed by atoms with van der Waals surface area (Å²) in [6.07, 6.45) is 1.50. The summed E-state index contributed by atoms with van der Waals surface area (Å²) in [5.74, 6) is -7.66. The fourth-order valence-corrected chi connectivity index (χ4v) is 7.78. The number of fused-ring (bicyclic) bond motifs is 4. The van der Waals surface area contributed by atoms with Gasteiger partial charge in [0.05, 0.1) is 17.5 Å². The van der Waals surface area contributed by atoms with Gasteiger partial charge in [-0.05, 0) is 67.1 Å². The van der Waals surface area contributed by atoms with Crippen LogP contribution in [0.4, 0.5) is 14.9 Å². The van der Waals surface area contributed by atoms with E-state index in [2.05, 4.69) is 0 Å². The number of nitrogens with zero attached hydrogens (tertiary/aromatic N) is 2. The van der Waals surface area contributed by atoms with Gasteiger partial charge in [-0.2, -0.15) is 4.90 Å². The minimum absolute atomic E-state index is 0.00927. The number of aromatic hydroxyl groups is 1. The average Bonchev–Trinajstić information content (AvgIpc) is 3.25. The van der Waals surface area contributed by atoms with Gasteiger partial charge in [0.15, 0.2) is 9.75 Å². The van der Waals surface area contributed by atoms with Crippen LogP contribution in [0, 0.1) is 30.5 Å². The van der Waals surface area contributed by atoms with Crippen LogP contribution in [-0.2, 0) is 19.2 Å². The molecule has 2 heterocycles. The first-order valence-corrected chi connectivity index (χ1v) is 13.3. The summed E-state index contributed by atoms with van der Waals surface area (Å²) >= 11 is 14.4.